The second kappa shape index (κ2) is 9.02. The number of likely N-dealkylation sites (tertiary alicyclic amines) is 2. The van der Waals surface area contributed by atoms with Crippen molar-refractivity contribution in [1.82, 2.24) is 9.80 Å². The van der Waals surface area contributed by atoms with E-state index in [1.54, 1.807) is 0 Å². The molecule has 25 heavy (non-hydrogen) atoms. The van der Waals surface area contributed by atoms with Gasteiger partial charge in [-0.05, 0) is 50.5 Å². The number of benzene rings is 1. The Morgan fingerprint density at radius 1 is 1.04 bits per heavy atom. The maximum Gasteiger partial charge on any atom is 0.224 e. The lowest BCUT2D eigenvalue weighted by atomic mass is 9.95. The van der Waals surface area contributed by atoms with E-state index >= 15 is 0 Å². The van der Waals surface area contributed by atoms with Crippen LogP contribution in [0.25, 0.3) is 0 Å². The Hall–Kier alpha value is -1.84. The van der Waals surface area contributed by atoms with Gasteiger partial charge in [0.1, 0.15) is 0 Å². The number of rotatable bonds is 6. The molecular weight excluding hydrogens is 312 g/mol. The van der Waals surface area contributed by atoms with Gasteiger partial charge in [-0.15, -0.1) is 0 Å². The standard InChI is InChI=1S/C21H30N2O2/c24-20-11-5-6-15-22(20)17-14-21(25)23-16-7-4-10-19(23)13-12-18-8-2-1-3-9-18/h1-3,8-9,19H,4-7,10-17H2/t19-/m1/s1. The van der Waals surface area contributed by atoms with Crippen LogP contribution in [0.1, 0.15) is 56.9 Å². The Labute approximate surface area is 151 Å². The molecule has 2 aliphatic heterocycles. The number of aryl methyl sites for hydroxylation is 1. The van der Waals surface area contributed by atoms with Gasteiger partial charge in [0.15, 0.2) is 0 Å². The number of hydrogen-bond donors (Lipinski definition) is 0. The van der Waals surface area contributed by atoms with Gasteiger partial charge >= 0.3 is 0 Å². The summed E-state index contributed by atoms with van der Waals surface area (Å²) in [5, 5.41) is 0. The average Bonchev–Trinajstić information content (AvgIpc) is 2.66. The third-order valence-corrected chi connectivity index (χ3v) is 5.57. The Kier molecular flexibility index (Phi) is 6.48. The summed E-state index contributed by atoms with van der Waals surface area (Å²) in [5.41, 5.74) is 1.35. The second-order valence-corrected chi connectivity index (χ2v) is 7.35. The number of piperidine rings is 2. The molecule has 1 aromatic rings. The molecule has 2 saturated heterocycles. The van der Waals surface area contributed by atoms with Crippen molar-refractivity contribution in [3.05, 3.63) is 35.9 Å². The Morgan fingerprint density at radius 2 is 1.84 bits per heavy atom. The monoisotopic (exact) mass is 342 g/mol. The van der Waals surface area contributed by atoms with E-state index in [9.17, 15) is 9.59 Å². The zero-order chi connectivity index (χ0) is 17.5. The highest BCUT2D eigenvalue weighted by atomic mass is 16.2. The van der Waals surface area contributed by atoms with E-state index in [1.807, 2.05) is 11.0 Å². The van der Waals surface area contributed by atoms with Crippen molar-refractivity contribution in [1.29, 1.82) is 0 Å². The maximum absolute atomic E-state index is 12.8. The smallest absolute Gasteiger partial charge is 0.224 e. The molecule has 0 spiro atoms. The fourth-order valence-electron chi connectivity index (χ4n) is 4.08. The molecular formula is C21H30N2O2. The van der Waals surface area contributed by atoms with Crippen LogP contribution in [-0.2, 0) is 16.0 Å². The lowest BCUT2D eigenvalue weighted by molar-refractivity contribution is -0.137. The van der Waals surface area contributed by atoms with Crippen LogP contribution in [0.15, 0.2) is 30.3 Å². The van der Waals surface area contributed by atoms with E-state index < -0.39 is 0 Å². The molecule has 0 unspecified atom stereocenters. The van der Waals surface area contributed by atoms with Crippen molar-refractivity contribution in [2.75, 3.05) is 19.6 Å². The fourth-order valence-corrected chi connectivity index (χ4v) is 4.08. The van der Waals surface area contributed by atoms with Gasteiger partial charge in [-0.25, -0.2) is 0 Å². The van der Waals surface area contributed by atoms with Gasteiger partial charge in [-0.2, -0.15) is 0 Å². The number of hydrogen-bond acceptors (Lipinski definition) is 2. The molecule has 2 amide bonds. The predicted octanol–water partition coefficient (Wildman–Crippen LogP) is 3.40. The summed E-state index contributed by atoms with van der Waals surface area (Å²) in [6, 6.07) is 10.9. The third-order valence-electron chi connectivity index (χ3n) is 5.57. The van der Waals surface area contributed by atoms with Crippen LogP contribution in [0.4, 0.5) is 0 Å². The quantitative estimate of drug-likeness (QED) is 0.795. The predicted molar refractivity (Wildman–Crippen MR) is 99.2 cm³/mol. The topological polar surface area (TPSA) is 40.6 Å². The molecule has 0 saturated carbocycles. The molecule has 4 heteroatoms. The van der Waals surface area contributed by atoms with Crippen molar-refractivity contribution in [3.63, 3.8) is 0 Å². The van der Waals surface area contributed by atoms with Gasteiger partial charge in [0.2, 0.25) is 11.8 Å². The SMILES string of the molecule is O=C1CCCCN1CCC(=O)N1CCCC[C@@H]1CCc1ccccc1. The van der Waals surface area contributed by atoms with Crippen LogP contribution in [-0.4, -0.2) is 47.3 Å². The first kappa shape index (κ1) is 18.0. The average molecular weight is 342 g/mol. The van der Waals surface area contributed by atoms with Crippen LogP contribution < -0.4 is 0 Å². The molecule has 0 N–H and O–H groups in total. The van der Waals surface area contributed by atoms with E-state index in [-0.39, 0.29) is 11.8 Å². The fraction of sp³-hybridized carbons (Fsp3) is 0.619. The lowest BCUT2D eigenvalue weighted by Gasteiger charge is -2.37. The van der Waals surface area contributed by atoms with Crippen LogP contribution in [0.2, 0.25) is 0 Å². The molecule has 2 heterocycles. The first-order valence-electron chi connectivity index (χ1n) is 9.85. The maximum atomic E-state index is 12.8. The summed E-state index contributed by atoms with van der Waals surface area (Å²) in [4.78, 5) is 28.6. The van der Waals surface area contributed by atoms with Gasteiger partial charge < -0.3 is 9.80 Å². The minimum absolute atomic E-state index is 0.221. The molecule has 2 fully saturated rings. The number of carbonyl (C=O) groups excluding carboxylic acids is 2. The van der Waals surface area contributed by atoms with Gasteiger partial charge in [0.05, 0.1) is 0 Å². The molecule has 0 aliphatic carbocycles. The van der Waals surface area contributed by atoms with Gasteiger partial charge in [-0.1, -0.05) is 30.3 Å². The third kappa shape index (κ3) is 5.07. The van der Waals surface area contributed by atoms with Crippen molar-refractivity contribution >= 4 is 11.8 Å². The van der Waals surface area contributed by atoms with Crippen LogP contribution in [0, 0.1) is 0 Å². The zero-order valence-corrected chi connectivity index (χ0v) is 15.2. The number of amides is 2. The second-order valence-electron chi connectivity index (χ2n) is 7.35. The molecule has 4 nitrogen and oxygen atoms in total. The largest absolute Gasteiger partial charge is 0.342 e. The van der Waals surface area contributed by atoms with E-state index in [1.165, 1.54) is 12.0 Å². The first-order valence-corrected chi connectivity index (χ1v) is 9.85. The molecule has 136 valence electrons. The lowest BCUT2D eigenvalue weighted by Crippen LogP contribution is -2.45. The van der Waals surface area contributed by atoms with Crippen molar-refractivity contribution in [2.45, 2.75) is 63.8 Å². The first-order chi connectivity index (χ1) is 12.2. The highest BCUT2D eigenvalue weighted by Crippen LogP contribution is 2.22. The zero-order valence-electron chi connectivity index (χ0n) is 15.2. The molecule has 3 rings (SSSR count). The summed E-state index contributed by atoms with van der Waals surface area (Å²) >= 11 is 0. The molecule has 0 radical (unpaired) electrons. The Morgan fingerprint density at radius 3 is 2.64 bits per heavy atom. The van der Waals surface area contributed by atoms with E-state index in [0.717, 1.165) is 51.6 Å². The summed E-state index contributed by atoms with van der Waals surface area (Å²) in [5.74, 6) is 0.453. The highest BCUT2D eigenvalue weighted by molar-refractivity contribution is 5.79. The van der Waals surface area contributed by atoms with E-state index in [2.05, 4.69) is 29.2 Å². The normalized spacial score (nSPS) is 21.4. The molecule has 1 atom stereocenters. The molecule has 0 bridgehead atoms. The van der Waals surface area contributed by atoms with Crippen LogP contribution in [0.5, 0.6) is 0 Å². The summed E-state index contributed by atoms with van der Waals surface area (Å²) in [7, 11) is 0. The minimum Gasteiger partial charge on any atom is -0.342 e. The highest BCUT2D eigenvalue weighted by Gasteiger charge is 2.27. The van der Waals surface area contributed by atoms with Crippen LogP contribution in [0.3, 0.4) is 0 Å². The van der Waals surface area contributed by atoms with E-state index in [4.69, 9.17) is 0 Å². The summed E-state index contributed by atoms with van der Waals surface area (Å²) < 4.78 is 0. The van der Waals surface area contributed by atoms with E-state index in [0.29, 0.717) is 25.4 Å². The summed E-state index contributed by atoms with van der Waals surface area (Å²) in [6.07, 6.45) is 8.70. The van der Waals surface area contributed by atoms with Gasteiger partial charge in [0.25, 0.3) is 0 Å². The molecule has 2 aliphatic rings. The minimum atomic E-state index is 0.221. The summed E-state index contributed by atoms with van der Waals surface area (Å²) in [6.45, 7) is 2.30. The van der Waals surface area contributed by atoms with Crippen LogP contribution >= 0.6 is 0 Å². The molecule has 0 aromatic heterocycles. The number of nitrogens with zero attached hydrogens (tertiary/aromatic N) is 2. The van der Waals surface area contributed by atoms with Gasteiger partial charge in [0, 0.05) is 38.5 Å². The Bertz CT molecular complexity index is 573. The molecule has 1 aromatic carbocycles. The number of carbonyl (C=O) groups is 2. The Balaban J connectivity index is 1.50. The van der Waals surface area contributed by atoms with Crippen molar-refractivity contribution in [3.8, 4) is 0 Å². The van der Waals surface area contributed by atoms with Crippen molar-refractivity contribution < 1.29 is 9.59 Å². The van der Waals surface area contributed by atoms with Crippen molar-refractivity contribution in [2.24, 2.45) is 0 Å². The van der Waals surface area contributed by atoms with Gasteiger partial charge in [-0.3, -0.25) is 9.59 Å².